The van der Waals surface area contributed by atoms with Gasteiger partial charge in [-0.05, 0) is 31.8 Å². The molecule has 0 saturated carbocycles. The zero-order valence-corrected chi connectivity index (χ0v) is 18.6. The largest absolute Gasteiger partial charge is 0.362 e. The lowest BCUT2D eigenvalue weighted by Gasteiger charge is -2.13. The molecule has 0 aliphatic carbocycles. The molecule has 0 spiro atoms. The van der Waals surface area contributed by atoms with Crippen molar-refractivity contribution in [2.45, 2.75) is 13.1 Å². The second-order valence-corrected chi connectivity index (χ2v) is 8.71. The van der Waals surface area contributed by atoms with Crippen LogP contribution in [0.3, 0.4) is 0 Å². The second kappa shape index (κ2) is 8.09. The number of anilines is 1. The summed E-state index contributed by atoms with van der Waals surface area (Å²) >= 11 is 1.66. The van der Waals surface area contributed by atoms with E-state index >= 15 is 0 Å². The first-order chi connectivity index (χ1) is 15.1. The van der Waals surface area contributed by atoms with Gasteiger partial charge < -0.3 is 14.8 Å². The van der Waals surface area contributed by atoms with E-state index in [-0.39, 0.29) is 0 Å². The Morgan fingerprint density at radius 2 is 1.74 bits per heavy atom. The van der Waals surface area contributed by atoms with Crippen LogP contribution >= 0.6 is 11.3 Å². The first kappa shape index (κ1) is 19.7. The summed E-state index contributed by atoms with van der Waals surface area (Å²) in [6, 6.07) is 18.6. The Kier molecular flexibility index (Phi) is 5.13. The first-order valence-electron chi connectivity index (χ1n) is 10.2. The van der Waals surface area contributed by atoms with Crippen LogP contribution in [0.4, 0.5) is 5.82 Å². The molecule has 0 radical (unpaired) electrons. The molecule has 0 bridgehead atoms. The molecule has 3 aromatic heterocycles. The van der Waals surface area contributed by atoms with Gasteiger partial charge in [0.25, 0.3) is 0 Å². The molecule has 156 valence electrons. The van der Waals surface area contributed by atoms with Crippen LogP contribution in [0.5, 0.6) is 0 Å². The number of nitrogens with one attached hydrogen (secondary N) is 1. The maximum absolute atomic E-state index is 4.90. The number of aryl methyl sites for hydroxylation is 1. The zero-order chi connectivity index (χ0) is 21.4. The summed E-state index contributed by atoms with van der Waals surface area (Å²) in [7, 11) is 6.12. The highest BCUT2D eigenvalue weighted by Gasteiger charge is 2.16. The van der Waals surface area contributed by atoms with Crippen molar-refractivity contribution in [1.29, 1.82) is 0 Å². The van der Waals surface area contributed by atoms with Crippen LogP contribution in [0.1, 0.15) is 11.6 Å². The Labute approximate surface area is 185 Å². The molecular weight excluding hydrogens is 404 g/mol. The second-order valence-electron chi connectivity index (χ2n) is 7.85. The summed E-state index contributed by atoms with van der Waals surface area (Å²) in [6.45, 7) is 1.28. The Balaban J connectivity index is 1.57. The molecular formula is C24H24N6S. The van der Waals surface area contributed by atoms with Gasteiger partial charge in [-0.1, -0.05) is 42.5 Å². The van der Waals surface area contributed by atoms with E-state index in [0.717, 1.165) is 44.3 Å². The number of para-hydroxylation sites is 2. The van der Waals surface area contributed by atoms with E-state index in [1.165, 1.54) is 5.56 Å². The van der Waals surface area contributed by atoms with Gasteiger partial charge in [0.1, 0.15) is 22.3 Å². The predicted octanol–water partition coefficient (Wildman–Crippen LogP) is 4.92. The fourth-order valence-corrected chi connectivity index (χ4v) is 4.78. The zero-order valence-electron chi connectivity index (χ0n) is 17.8. The number of benzene rings is 2. The maximum Gasteiger partial charge on any atom is 0.146 e. The lowest BCUT2D eigenvalue weighted by Crippen LogP contribution is -2.15. The van der Waals surface area contributed by atoms with Crippen molar-refractivity contribution in [1.82, 2.24) is 24.4 Å². The molecule has 7 heteroatoms. The molecule has 0 aliphatic heterocycles. The van der Waals surface area contributed by atoms with E-state index < -0.39 is 0 Å². The van der Waals surface area contributed by atoms with E-state index in [1.807, 2.05) is 38.4 Å². The molecule has 0 atom stereocenters. The van der Waals surface area contributed by atoms with Gasteiger partial charge >= 0.3 is 0 Å². The highest BCUT2D eigenvalue weighted by molar-refractivity contribution is 7.17. The minimum absolute atomic E-state index is 0.586. The van der Waals surface area contributed by atoms with Gasteiger partial charge in [-0.25, -0.2) is 15.0 Å². The van der Waals surface area contributed by atoms with Crippen LogP contribution in [0.2, 0.25) is 0 Å². The van der Waals surface area contributed by atoms with Crippen molar-refractivity contribution in [3.05, 3.63) is 71.6 Å². The molecule has 0 fully saturated rings. The smallest absolute Gasteiger partial charge is 0.146 e. The van der Waals surface area contributed by atoms with Crippen molar-refractivity contribution < 1.29 is 0 Å². The third kappa shape index (κ3) is 3.78. The molecule has 5 rings (SSSR count). The molecule has 0 aliphatic rings. The van der Waals surface area contributed by atoms with Crippen LogP contribution in [-0.4, -0.2) is 38.5 Å². The van der Waals surface area contributed by atoms with Gasteiger partial charge in [0.15, 0.2) is 0 Å². The standard InChI is InChI=1S/C24H24N6S/c1-29(2)14-20-27-23(25-13-21-26-18-11-7-8-12-19(18)30(21)3)22-17(15-31-24(22)28-20)16-9-5-4-6-10-16/h4-12,15H,13-14H2,1-3H3,(H,25,27,28). The fraction of sp³-hybridized carbons (Fsp3) is 0.208. The number of hydrogen-bond donors (Lipinski definition) is 1. The van der Waals surface area contributed by atoms with Gasteiger partial charge in [-0.15, -0.1) is 11.3 Å². The average molecular weight is 429 g/mol. The van der Waals surface area contributed by atoms with E-state index in [9.17, 15) is 0 Å². The number of fused-ring (bicyclic) bond motifs is 2. The third-order valence-corrected chi connectivity index (χ3v) is 6.19. The molecule has 0 saturated heterocycles. The molecule has 5 aromatic rings. The molecule has 1 N–H and O–H groups in total. The summed E-state index contributed by atoms with van der Waals surface area (Å²) in [6.07, 6.45) is 0. The molecule has 0 unspecified atom stereocenters. The van der Waals surface area contributed by atoms with E-state index in [1.54, 1.807) is 11.3 Å². The molecule has 3 heterocycles. The van der Waals surface area contributed by atoms with Crippen LogP contribution < -0.4 is 5.32 Å². The highest BCUT2D eigenvalue weighted by Crippen LogP contribution is 2.37. The number of thiophene rings is 1. The van der Waals surface area contributed by atoms with Gasteiger partial charge in [0, 0.05) is 18.0 Å². The number of imidazole rings is 1. The Bertz CT molecular complexity index is 1350. The van der Waals surface area contributed by atoms with Crippen molar-refractivity contribution in [3.8, 4) is 11.1 Å². The number of hydrogen-bond acceptors (Lipinski definition) is 6. The monoisotopic (exact) mass is 428 g/mol. The summed E-state index contributed by atoms with van der Waals surface area (Å²) < 4.78 is 2.13. The summed E-state index contributed by atoms with van der Waals surface area (Å²) in [5, 5.41) is 6.81. The van der Waals surface area contributed by atoms with Gasteiger partial charge in [-0.2, -0.15) is 0 Å². The van der Waals surface area contributed by atoms with Crippen molar-refractivity contribution in [2.75, 3.05) is 19.4 Å². The first-order valence-corrected chi connectivity index (χ1v) is 11.1. The van der Waals surface area contributed by atoms with Crippen molar-refractivity contribution in [3.63, 3.8) is 0 Å². The highest BCUT2D eigenvalue weighted by atomic mass is 32.1. The number of nitrogens with zero attached hydrogens (tertiary/aromatic N) is 5. The van der Waals surface area contributed by atoms with Crippen LogP contribution in [0.25, 0.3) is 32.4 Å². The van der Waals surface area contributed by atoms with E-state index in [4.69, 9.17) is 15.0 Å². The van der Waals surface area contributed by atoms with E-state index in [2.05, 4.69) is 57.5 Å². The Morgan fingerprint density at radius 1 is 0.968 bits per heavy atom. The molecule has 6 nitrogen and oxygen atoms in total. The number of aromatic nitrogens is 4. The quantitative estimate of drug-likeness (QED) is 0.416. The summed E-state index contributed by atoms with van der Waals surface area (Å²) in [5.74, 6) is 2.64. The minimum Gasteiger partial charge on any atom is -0.362 e. The van der Waals surface area contributed by atoms with Gasteiger partial charge in [0.2, 0.25) is 0 Å². The van der Waals surface area contributed by atoms with Crippen LogP contribution in [-0.2, 0) is 20.1 Å². The molecule has 31 heavy (non-hydrogen) atoms. The van der Waals surface area contributed by atoms with E-state index in [0.29, 0.717) is 13.1 Å². The Morgan fingerprint density at radius 3 is 2.52 bits per heavy atom. The average Bonchev–Trinajstić information content (AvgIpc) is 3.34. The van der Waals surface area contributed by atoms with Crippen molar-refractivity contribution >= 4 is 38.4 Å². The van der Waals surface area contributed by atoms with Gasteiger partial charge in [0.05, 0.1) is 29.5 Å². The normalized spacial score (nSPS) is 11.6. The molecule has 0 amide bonds. The lowest BCUT2D eigenvalue weighted by molar-refractivity contribution is 0.391. The maximum atomic E-state index is 4.90. The summed E-state index contributed by atoms with van der Waals surface area (Å²) in [4.78, 5) is 17.6. The molecule has 2 aromatic carbocycles. The third-order valence-electron chi connectivity index (χ3n) is 5.32. The van der Waals surface area contributed by atoms with Gasteiger partial charge in [-0.3, -0.25) is 0 Å². The SMILES string of the molecule is CN(C)Cc1nc(NCc2nc3ccccc3n2C)c2c(-c3ccccc3)csc2n1. The van der Waals surface area contributed by atoms with Crippen LogP contribution in [0.15, 0.2) is 60.0 Å². The topological polar surface area (TPSA) is 58.9 Å². The predicted molar refractivity (Wildman–Crippen MR) is 128 cm³/mol. The van der Waals surface area contributed by atoms with Crippen molar-refractivity contribution in [2.24, 2.45) is 7.05 Å². The lowest BCUT2D eigenvalue weighted by atomic mass is 10.1. The Hall–Kier alpha value is -3.29. The minimum atomic E-state index is 0.586. The summed E-state index contributed by atoms with van der Waals surface area (Å²) in [5.41, 5.74) is 4.46. The van der Waals surface area contributed by atoms with Crippen LogP contribution in [0, 0.1) is 0 Å². The fourth-order valence-electron chi connectivity index (χ4n) is 3.81. The number of rotatable bonds is 6.